The zero-order valence-corrected chi connectivity index (χ0v) is 5.36. The fraction of sp³-hybridized carbons (Fsp3) is 0.800. The van der Waals surface area contributed by atoms with Crippen LogP contribution in [0.2, 0.25) is 0 Å². The Labute approximate surface area is 56.0 Å². The van der Waals surface area contributed by atoms with E-state index in [1.165, 1.54) is 0 Å². The van der Waals surface area contributed by atoms with Gasteiger partial charge in [-0.05, 0) is 0 Å². The molecule has 0 unspecified atom stereocenters. The SMILES string of the molecule is CC(=O)OCCC(F)(F)F. The van der Waals surface area contributed by atoms with E-state index in [0.717, 1.165) is 6.92 Å². The quantitative estimate of drug-likeness (QED) is 0.566. The lowest BCUT2D eigenvalue weighted by atomic mass is 10.4. The minimum Gasteiger partial charge on any atom is -0.466 e. The summed E-state index contributed by atoms with van der Waals surface area (Å²) in [5.74, 6) is -0.691. The molecule has 0 N–H and O–H groups in total. The number of carbonyl (C=O) groups is 1. The second kappa shape index (κ2) is 3.43. The monoisotopic (exact) mass is 156 g/mol. The van der Waals surface area contributed by atoms with Gasteiger partial charge in [0.25, 0.3) is 0 Å². The predicted molar refractivity (Wildman–Crippen MR) is 27.3 cm³/mol. The number of halogens is 3. The minimum atomic E-state index is -4.24. The van der Waals surface area contributed by atoms with Crippen molar-refractivity contribution in [2.24, 2.45) is 0 Å². The van der Waals surface area contributed by atoms with Crippen LogP contribution in [0.4, 0.5) is 13.2 Å². The number of hydrogen-bond acceptors (Lipinski definition) is 2. The van der Waals surface area contributed by atoms with Gasteiger partial charge in [-0.3, -0.25) is 4.79 Å². The predicted octanol–water partition coefficient (Wildman–Crippen LogP) is 1.50. The highest BCUT2D eigenvalue weighted by Gasteiger charge is 2.26. The van der Waals surface area contributed by atoms with Gasteiger partial charge >= 0.3 is 12.1 Å². The molecule has 10 heavy (non-hydrogen) atoms. The maximum atomic E-state index is 11.3. The van der Waals surface area contributed by atoms with Crippen LogP contribution in [0.15, 0.2) is 0 Å². The van der Waals surface area contributed by atoms with E-state index in [1.807, 2.05) is 0 Å². The van der Waals surface area contributed by atoms with Crippen LogP contribution in [-0.2, 0) is 9.53 Å². The van der Waals surface area contributed by atoms with Gasteiger partial charge in [-0.25, -0.2) is 0 Å². The van der Waals surface area contributed by atoms with E-state index < -0.39 is 25.2 Å². The zero-order valence-electron chi connectivity index (χ0n) is 5.36. The fourth-order valence-corrected chi connectivity index (χ4v) is 0.310. The summed E-state index contributed by atoms with van der Waals surface area (Å²) in [4.78, 5) is 9.94. The van der Waals surface area contributed by atoms with Crippen molar-refractivity contribution in [1.29, 1.82) is 0 Å². The Kier molecular flexibility index (Phi) is 3.18. The second-order valence-electron chi connectivity index (χ2n) is 1.71. The third kappa shape index (κ3) is 7.26. The van der Waals surface area contributed by atoms with Gasteiger partial charge in [-0.2, -0.15) is 13.2 Å². The van der Waals surface area contributed by atoms with Crippen molar-refractivity contribution in [2.45, 2.75) is 19.5 Å². The molecule has 2 nitrogen and oxygen atoms in total. The lowest BCUT2D eigenvalue weighted by molar-refractivity contribution is -0.157. The summed E-state index contributed by atoms with van der Waals surface area (Å²) in [6.07, 6.45) is -5.32. The Hall–Kier alpha value is -0.740. The van der Waals surface area contributed by atoms with Crippen LogP contribution >= 0.6 is 0 Å². The minimum absolute atomic E-state index is 0.584. The Morgan fingerprint density at radius 1 is 1.50 bits per heavy atom. The van der Waals surface area contributed by atoms with E-state index in [1.54, 1.807) is 0 Å². The molecule has 0 aromatic carbocycles. The van der Waals surface area contributed by atoms with Crippen molar-refractivity contribution >= 4 is 5.97 Å². The third-order valence-corrected chi connectivity index (χ3v) is 0.691. The molecule has 0 fully saturated rings. The summed E-state index contributed by atoms with van der Waals surface area (Å²) in [5, 5.41) is 0. The molecule has 0 aromatic heterocycles. The summed E-state index contributed by atoms with van der Waals surface area (Å²) in [7, 11) is 0. The molecule has 0 amide bonds. The molecule has 0 heterocycles. The normalized spacial score (nSPS) is 11.2. The smallest absolute Gasteiger partial charge is 0.392 e. The van der Waals surface area contributed by atoms with Gasteiger partial charge in [-0.1, -0.05) is 0 Å². The fourth-order valence-electron chi connectivity index (χ4n) is 0.310. The summed E-state index contributed by atoms with van der Waals surface area (Å²) in [6.45, 7) is 0.481. The maximum Gasteiger partial charge on any atom is 0.392 e. The summed E-state index contributed by atoms with van der Waals surface area (Å²) in [6, 6.07) is 0. The molecule has 0 bridgehead atoms. The first-order chi connectivity index (χ1) is 4.42. The van der Waals surface area contributed by atoms with Crippen molar-refractivity contribution in [3.05, 3.63) is 0 Å². The lowest BCUT2D eigenvalue weighted by Crippen LogP contribution is -2.12. The highest BCUT2D eigenvalue weighted by atomic mass is 19.4. The van der Waals surface area contributed by atoms with Crippen LogP contribution in [0.3, 0.4) is 0 Å². The zero-order chi connectivity index (χ0) is 8.20. The average Bonchev–Trinajstić information content (AvgIpc) is 1.59. The summed E-state index contributed by atoms with van der Waals surface area (Å²) in [5.41, 5.74) is 0. The van der Waals surface area contributed by atoms with E-state index in [-0.39, 0.29) is 0 Å². The van der Waals surface area contributed by atoms with E-state index in [0.29, 0.717) is 0 Å². The van der Waals surface area contributed by atoms with E-state index in [4.69, 9.17) is 0 Å². The maximum absolute atomic E-state index is 11.3. The highest BCUT2D eigenvalue weighted by Crippen LogP contribution is 2.18. The van der Waals surface area contributed by atoms with E-state index >= 15 is 0 Å². The van der Waals surface area contributed by atoms with Crippen LogP contribution in [0.1, 0.15) is 13.3 Å². The van der Waals surface area contributed by atoms with Crippen molar-refractivity contribution in [3.63, 3.8) is 0 Å². The van der Waals surface area contributed by atoms with Crippen LogP contribution in [0.25, 0.3) is 0 Å². The van der Waals surface area contributed by atoms with E-state index in [2.05, 4.69) is 4.74 Å². The summed E-state index contributed by atoms with van der Waals surface area (Å²) < 4.78 is 38.0. The molecule has 60 valence electrons. The number of rotatable bonds is 2. The first-order valence-electron chi connectivity index (χ1n) is 2.62. The molecule has 0 saturated heterocycles. The first kappa shape index (κ1) is 9.26. The number of carbonyl (C=O) groups excluding carboxylic acids is 1. The van der Waals surface area contributed by atoms with Gasteiger partial charge in [0, 0.05) is 6.92 Å². The highest BCUT2D eigenvalue weighted by molar-refractivity contribution is 5.65. The molecular formula is C5H7F3O2. The number of ether oxygens (including phenoxy) is 1. The van der Waals surface area contributed by atoms with Gasteiger partial charge in [0.15, 0.2) is 0 Å². The molecule has 0 saturated carbocycles. The van der Waals surface area contributed by atoms with Crippen LogP contribution in [0, 0.1) is 0 Å². The van der Waals surface area contributed by atoms with Gasteiger partial charge in [0.05, 0.1) is 13.0 Å². The Balaban J connectivity index is 3.29. The third-order valence-electron chi connectivity index (χ3n) is 0.691. The molecular weight excluding hydrogens is 149 g/mol. The van der Waals surface area contributed by atoms with Crippen LogP contribution in [-0.4, -0.2) is 18.8 Å². The second-order valence-corrected chi connectivity index (χ2v) is 1.71. The number of esters is 1. The Morgan fingerprint density at radius 3 is 2.30 bits per heavy atom. The summed E-state index contributed by atoms with van der Waals surface area (Å²) >= 11 is 0. The van der Waals surface area contributed by atoms with Gasteiger partial charge in [0.1, 0.15) is 0 Å². The largest absolute Gasteiger partial charge is 0.466 e. The van der Waals surface area contributed by atoms with Gasteiger partial charge in [0.2, 0.25) is 0 Å². The molecule has 0 aliphatic heterocycles. The number of alkyl halides is 3. The standard InChI is InChI=1S/C5H7F3O2/c1-4(9)10-3-2-5(6,7)8/h2-3H2,1H3. The topological polar surface area (TPSA) is 26.3 Å². The Bertz CT molecular complexity index is 119. The Morgan fingerprint density at radius 2 is 2.00 bits per heavy atom. The molecule has 0 atom stereocenters. The average molecular weight is 156 g/mol. The molecule has 0 radical (unpaired) electrons. The molecule has 0 aliphatic carbocycles. The van der Waals surface area contributed by atoms with Crippen molar-refractivity contribution < 1.29 is 22.7 Å². The van der Waals surface area contributed by atoms with Gasteiger partial charge in [-0.15, -0.1) is 0 Å². The molecule has 0 spiro atoms. The first-order valence-corrected chi connectivity index (χ1v) is 2.62. The van der Waals surface area contributed by atoms with Crippen LogP contribution < -0.4 is 0 Å². The molecule has 5 heteroatoms. The molecule has 0 aliphatic rings. The molecule has 0 aromatic rings. The van der Waals surface area contributed by atoms with Crippen LogP contribution in [0.5, 0.6) is 0 Å². The van der Waals surface area contributed by atoms with Crippen molar-refractivity contribution in [3.8, 4) is 0 Å². The molecule has 0 rings (SSSR count). The van der Waals surface area contributed by atoms with Crippen molar-refractivity contribution in [2.75, 3.05) is 6.61 Å². The van der Waals surface area contributed by atoms with Gasteiger partial charge < -0.3 is 4.74 Å². The lowest BCUT2D eigenvalue weighted by Gasteiger charge is -2.04. The van der Waals surface area contributed by atoms with E-state index in [9.17, 15) is 18.0 Å². The van der Waals surface area contributed by atoms with Crippen molar-refractivity contribution in [1.82, 2.24) is 0 Å². The number of hydrogen-bond donors (Lipinski definition) is 0.